The van der Waals surface area contributed by atoms with Crippen molar-refractivity contribution < 1.29 is 28.8 Å². The van der Waals surface area contributed by atoms with Crippen LogP contribution in [0.15, 0.2) is 102 Å². The van der Waals surface area contributed by atoms with Crippen LogP contribution in [0.1, 0.15) is 28.4 Å². The Morgan fingerprint density at radius 2 is 1.63 bits per heavy atom. The van der Waals surface area contributed by atoms with Crippen molar-refractivity contribution in [2.45, 2.75) is 24.0 Å². The van der Waals surface area contributed by atoms with Crippen molar-refractivity contribution in [3.63, 3.8) is 0 Å². The molecule has 0 aliphatic carbocycles. The highest BCUT2D eigenvalue weighted by Gasteiger charge is 2.20. The third kappa shape index (κ3) is 8.51. The molecule has 11 nitrogen and oxygen atoms in total. The highest BCUT2D eigenvalue weighted by atomic mass is 32.2. The smallest absolute Gasteiger partial charge is 0.272 e. The normalized spacial score (nSPS) is 11.6. The number of hydrogen-bond acceptors (Lipinski definition) is 8. The van der Waals surface area contributed by atoms with E-state index >= 15 is 0 Å². The number of para-hydroxylation sites is 1. The molecule has 4 rings (SSSR count). The highest BCUT2D eigenvalue weighted by Crippen LogP contribution is 2.32. The molecule has 0 bridgehead atoms. The average molecular weight is 641 g/mol. The number of nitro groups is 1. The van der Waals surface area contributed by atoms with E-state index in [0.29, 0.717) is 44.5 Å². The lowest BCUT2D eigenvalue weighted by atomic mass is 10.1. The largest absolute Gasteiger partial charge is 0.493 e. The number of carbonyl (C=O) groups excluding carboxylic acids is 3. The summed E-state index contributed by atoms with van der Waals surface area (Å²) in [5.74, 6) is -0.580. The van der Waals surface area contributed by atoms with Gasteiger partial charge in [0.1, 0.15) is 5.70 Å². The van der Waals surface area contributed by atoms with E-state index in [-0.39, 0.29) is 17.3 Å². The molecular weight excluding hydrogens is 608 g/mol. The Morgan fingerprint density at radius 1 is 0.891 bits per heavy atom. The highest BCUT2D eigenvalue weighted by molar-refractivity contribution is 8.00. The Hall–Kier alpha value is -5.62. The van der Waals surface area contributed by atoms with Crippen LogP contribution < -0.4 is 25.4 Å². The van der Waals surface area contributed by atoms with Gasteiger partial charge in [-0.3, -0.25) is 24.5 Å². The van der Waals surface area contributed by atoms with E-state index in [1.54, 1.807) is 92.7 Å². The molecule has 0 aliphatic heterocycles. The molecule has 1 atom stereocenters. The number of carbonyl (C=O) groups is 3. The van der Waals surface area contributed by atoms with Gasteiger partial charge in [0.05, 0.1) is 30.1 Å². The number of rotatable bonds is 12. The number of nitrogens with zero attached hydrogens (tertiary/aromatic N) is 1. The van der Waals surface area contributed by atoms with Gasteiger partial charge in [-0.2, -0.15) is 0 Å². The van der Waals surface area contributed by atoms with Gasteiger partial charge in [0.15, 0.2) is 11.5 Å². The van der Waals surface area contributed by atoms with Crippen LogP contribution in [-0.2, 0) is 9.59 Å². The molecule has 3 amide bonds. The maximum Gasteiger partial charge on any atom is 0.272 e. The fourth-order valence-corrected chi connectivity index (χ4v) is 5.25. The van der Waals surface area contributed by atoms with Gasteiger partial charge < -0.3 is 25.4 Å². The molecule has 1 unspecified atom stereocenters. The van der Waals surface area contributed by atoms with Crippen LogP contribution in [-0.4, -0.2) is 42.1 Å². The van der Waals surface area contributed by atoms with Crippen molar-refractivity contribution in [2.24, 2.45) is 0 Å². The fraction of sp³-hybridized carbons (Fsp3) is 0.147. The first kappa shape index (κ1) is 33.3. The minimum atomic E-state index is -0.594. The number of hydrogen-bond donors (Lipinski definition) is 3. The molecule has 3 N–H and O–H groups in total. The van der Waals surface area contributed by atoms with E-state index in [2.05, 4.69) is 16.0 Å². The molecule has 46 heavy (non-hydrogen) atoms. The van der Waals surface area contributed by atoms with Crippen LogP contribution in [0.5, 0.6) is 11.5 Å². The van der Waals surface area contributed by atoms with Crippen molar-refractivity contribution in [3.8, 4) is 11.5 Å². The van der Waals surface area contributed by atoms with E-state index in [0.717, 1.165) is 0 Å². The van der Waals surface area contributed by atoms with E-state index in [1.165, 1.54) is 44.2 Å². The molecular formula is C34H32N4O7S. The molecule has 0 fully saturated rings. The van der Waals surface area contributed by atoms with Crippen molar-refractivity contribution >= 4 is 52.6 Å². The summed E-state index contributed by atoms with van der Waals surface area (Å²) in [5.41, 5.74) is 2.18. The van der Waals surface area contributed by atoms with Crippen LogP contribution in [0.3, 0.4) is 0 Å². The van der Waals surface area contributed by atoms with Gasteiger partial charge in [-0.15, -0.1) is 11.8 Å². The Kier molecular flexibility index (Phi) is 11.1. The van der Waals surface area contributed by atoms with Gasteiger partial charge in [-0.25, -0.2) is 0 Å². The molecule has 4 aromatic rings. The van der Waals surface area contributed by atoms with E-state index in [9.17, 15) is 24.5 Å². The monoisotopic (exact) mass is 640 g/mol. The van der Waals surface area contributed by atoms with E-state index in [4.69, 9.17) is 9.47 Å². The number of nitrogens with one attached hydrogen (secondary N) is 3. The molecule has 0 radical (unpaired) electrons. The zero-order chi connectivity index (χ0) is 33.2. The lowest BCUT2D eigenvalue weighted by Gasteiger charge is -2.15. The maximum absolute atomic E-state index is 13.6. The van der Waals surface area contributed by atoms with Gasteiger partial charge in [0.2, 0.25) is 5.91 Å². The minimum absolute atomic E-state index is 0.0430. The molecule has 4 aromatic carbocycles. The second kappa shape index (κ2) is 15.4. The summed E-state index contributed by atoms with van der Waals surface area (Å²) in [6, 6.07) is 24.8. The summed E-state index contributed by atoms with van der Waals surface area (Å²) in [7, 11) is 2.98. The predicted octanol–water partition coefficient (Wildman–Crippen LogP) is 6.45. The third-order valence-corrected chi connectivity index (χ3v) is 7.82. The summed E-state index contributed by atoms with van der Waals surface area (Å²) >= 11 is 1.24. The van der Waals surface area contributed by atoms with Crippen LogP contribution >= 0.6 is 11.8 Å². The number of amides is 3. The van der Waals surface area contributed by atoms with Crippen molar-refractivity contribution in [3.05, 3.63) is 123 Å². The van der Waals surface area contributed by atoms with Crippen molar-refractivity contribution in [2.75, 3.05) is 24.9 Å². The molecule has 236 valence electrons. The molecule has 0 aromatic heterocycles. The standard InChI is InChI=1S/C34H32N4O7S/c1-21-16-17-26(38(42)43)20-28(21)36-32(39)22(2)46-27-14-9-13-25(19-27)35-34(41)29(37-33(40)23-10-6-5-7-11-23)18-24-12-8-15-30(44-3)31(24)45-4/h5-20,22H,1-4H3,(H,35,41)(H,36,39)(H,37,40)/b29-18+. The van der Waals surface area contributed by atoms with Crippen LogP contribution in [0, 0.1) is 17.0 Å². The fourth-order valence-electron chi connectivity index (χ4n) is 4.32. The summed E-state index contributed by atoms with van der Waals surface area (Å²) in [4.78, 5) is 50.9. The number of non-ortho nitro benzene ring substituents is 1. The molecule has 0 aliphatic rings. The number of anilines is 2. The van der Waals surface area contributed by atoms with Gasteiger partial charge in [-0.05, 0) is 61.9 Å². The number of nitro benzene ring substituents is 1. The van der Waals surface area contributed by atoms with Gasteiger partial charge >= 0.3 is 0 Å². The molecule has 0 saturated heterocycles. The van der Waals surface area contributed by atoms with E-state index < -0.39 is 22.0 Å². The average Bonchev–Trinajstić information content (AvgIpc) is 3.05. The van der Waals surface area contributed by atoms with Gasteiger partial charge in [0, 0.05) is 33.8 Å². The Bertz CT molecular complexity index is 1790. The first-order valence-corrected chi connectivity index (χ1v) is 14.9. The number of thioether (sulfide) groups is 1. The van der Waals surface area contributed by atoms with Crippen molar-refractivity contribution in [1.29, 1.82) is 0 Å². The predicted molar refractivity (Wildman–Crippen MR) is 178 cm³/mol. The Morgan fingerprint density at radius 3 is 2.33 bits per heavy atom. The quantitative estimate of drug-likeness (QED) is 0.0693. The topological polar surface area (TPSA) is 149 Å². The second-order valence-electron chi connectivity index (χ2n) is 9.95. The number of ether oxygens (including phenoxy) is 2. The maximum atomic E-state index is 13.6. The number of benzene rings is 4. The summed E-state index contributed by atoms with van der Waals surface area (Å²) in [5, 5.41) is 18.9. The molecule has 0 spiro atoms. The molecule has 0 heterocycles. The summed E-state index contributed by atoms with van der Waals surface area (Å²) < 4.78 is 10.9. The van der Waals surface area contributed by atoms with Crippen LogP contribution in [0.2, 0.25) is 0 Å². The zero-order valence-electron chi connectivity index (χ0n) is 25.5. The van der Waals surface area contributed by atoms with E-state index in [1.807, 2.05) is 0 Å². The zero-order valence-corrected chi connectivity index (χ0v) is 26.3. The Labute approximate surface area is 270 Å². The van der Waals surface area contributed by atoms with Crippen molar-refractivity contribution in [1.82, 2.24) is 5.32 Å². The van der Waals surface area contributed by atoms with Gasteiger partial charge in [-0.1, -0.05) is 42.5 Å². The first-order valence-electron chi connectivity index (χ1n) is 14.0. The van der Waals surface area contributed by atoms with Crippen LogP contribution in [0.4, 0.5) is 17.1 Å². The third-order valence-electron chi connectivity index (χ3n) is 6.73. The molecule has 12 heteroatoms. The van der Waals surface area contributed by atoms with Crippen LogP contribution in [0.25, 0.3) is 6.08 Å². The first-order chi connectivity index (χ1) is 22.1. The summed E-state index contributed by atoms with van der Waals surface area (Å²) in [6.45, 7) is 3.46. The number of aryl methyl sites for hydroxylation is 1. The number of methoxy groups -OCH3 is 2. The Balaban J connectivity index is 1.54. The molecule has 0 saturated carbocycles. The van der Waals surface area contributed by atoms with Gasteiger partial charge in [0.25, 0.3) is 17.5 Å². The lowest BCUT2D eigenvalue weighted by molar-refractivity contribution is -0.384. The second-order valence-corrected chi connectivity index (χ2v) is 11.4. The lowest BCUT2D eigenvalue weighted by Crippen LogP contribution is -2.30. The minimum Gasteiger partial charge on any atom is -0.493 e. The SMILES string of the molecule is COc1cccc(/C=C(/NC(=O)c2ccccc2)C(=O)Nc2cccc(SC(C)C(=O)Nc3cc([N+](=O)[O-])ccc3C)c2)c1OC. The summed E-state index contributed by atoms with van der Waals surface area (Å²) in [6.07, 6.45) is 1.50.